The van der Waals surface area contributed by atoms with Crippen molar-refractivity contribution in [2.75, 3.05) is 18.5 Å². The van der Waals surface area contributed by atoms with Crippen LogP contribution in [0.25, 0.3) is 0 Å². The van der Waals surface area contributed by atoms with E-state index in [9.17, 15) is 0 Å². The van der Waals surface area contributed by atoms with E-state index < -0.39 is 0 Å². The predicted octanol–water partition coefficient (Wildman–Crippen LogP) is 3.58. The molecule has 1 aliphatic carbocycles. The van der Waals surface area contributed by atoms with Crippen molar-refractivity contribution in [2.45, 2.75) is 51.0 Å². The number of aliphatic hydroxyl groups excluding tert-OH is 1. The summed E-state index contributed by atoms with van der Waals surface area (Å²) in [7, 11) is 0. The Morgan fingerprint density at radius 2 is 2.00 bits per heavy atom. The Labute approximate surface area is 116 Å². The fourth-order valence-corrected chi connectivity index (χ4v) is 2.52. The molecule has 1 aromatic rings. The average Bonchev–Trinajstić information content (AvgIpc) is 2.92. The first kappa shape index (κ1) is 14.2. The molecule has 0 aromatic heterocycles. The maximum atomic E-state index is 8.72. The normalized spacial score (nSPS) is 15.6. The molecule has 3 heteroatoms. The van der Waals surface area contributed by atoms with Crippen molar-refractivity contribution in [2.24, 2.45) is 0 Å². The standard InChI is InChI=1S/C16H25NO2/c18-12-5-1-4-11-17-14-7-6-10-16(13-14)19-15-8-2-3-9-15/h6-7,10,13,15,17-18H,1-5,8-9,11-12H2. The van der Waals surface area contributed by atoms with Gasteiger partial charge in [0.15, 0.2) is 0 Å². The van der Waals surface area contributed by atoms with Crippen molar-refractivity contribution >= 4 is 5.69 Å². The Hall–Kier alpha value is -1.22. The Balaban J connectivity index is 1.74. The van der Waals surface area contributed by atoms with Crippen molar-refractivity contribution in [3.8, 4) is 5.75 Å². The van der Waals surface area contributed by atoms with E-state index in [0.717, 1.165) is 37.2 Å². The lowest BCUT2D eigenvalue weighted by molar-refractivity contribution is 0.210. The fraction of sp³-hybridized carbons (Fsp3) is 0.625. The van der Waals surface area contributed by atoms with Gasteiger partial charge in [-0.1, -0.05) is 6.07 Å². The molecule has 0 aliphatic heterocycles. The Morgan fingerprint density at radius 1 is 1.16 bits per heavy atom. The van der Waals surface area contributed by atoms with Gasteiger partial charge < -0.3 is 15.2 Å². The van der Waals surface area contributed by atoms with Crippen LogP contribution in [0.2, 0.25) is 0 Å². The minimum atomic E-state index is 0.296. The molecule has 106 valence electrons. The first-order valence-corrected chi connectivity index (χ1v) is 7.50. The van der Waals surface area contributed by atoms with Gasteiger partial charge in [-0.15, -0.1) is 0 Å². The number of hydrogen-bond acceptors (Lipinski definition) is 3. The van der Waals surface area contributed by atoms with Gasteiger partial charge in [0.1, 0.15) is 5.75 Å². The predicted molar refractivity (Wildman–Crippen MR) is 78.8 cm³/mol. The highest BCUT2D eigenvalue weighted by molar-refractivity contribution is 5.48. The maximum absolute atomic E-state index is 8.72. The van der Waals surface area contributed by atoms with Gasteiger partial charge in [0.25, 0.3) is 0 Å². The minimum Gasteiger partial charge on any atom is -0.490 e. The van der Waals surface area contributed by atoms with Gasteiger partial charge in [0, 0.05) is 24.9 Å². The van der Waals surface area contributed by atoms with Gasteiger partial charge in [-0.05, 0) is 57.1 Å². The number of aliphatic hydroxyl groups is 1. The summed E-state index contributed by atoms with van der Waals surface area (Å²) in [6.07, 6.45) is 8.46. The summed E-state index contributed by atoms with van der Waals surface area (Å²) >= 11 is 0. The van der Waals surface area contributed by atoms with E-state index in [1.807, 2.05) is 12.1 Å². The molecule has 1 aromatic carbocycles. The highest BCUT2D eigenvalue weighted by Gasteiger charge is 2.16. The van der Waals surface area contributed by atoms with Gasteiger partial charge in [0.05, 0.1) is 6.10 Å². The molecule has 1 aliphatic rings. The van der Waals surface area contributed by atoms with E-state index in [0.29, 0.717) is 12.7 Å². The molecule has 0 heterocycles. The van der Waals surface area contributed by atoms with Crippen molar-refractivity contribution < 1.29 is 9.84 Å². The Bertz CT molecular complexity index is 362. The number of unbranched alkanes of at least 4 members (excludes halogenated alkanes) is 2. The molecule has 2 rings (SSSR count). The zero-order chi connectivity index (χ0) is 13.3. The van der Waals surface area contributed by atoms with Crippen LogP contribution < -0.4 is 10.1 Å². The molecule has 1 saturated carbocycles. The molecule has 1 fully saturated rings. The van der Waals surface area contributed by atoms with Gasteiger partial charge in [-0.3, -0.25) is 0 Å². The molecule has 0 bridgehead atoms. The molecular weight excluding hydrogens is 238 g/mol. The smallest absolute Gasteiger partial charge is 0.121 e. The van der Waals surface area contributed by atoms with Gasteiger partial charge in [0.2, 0.25) is 0 Å². The number of ether oxygens (including phenoxy) is 1. The third-order valence-electron chi connectivity index (χ3n) is 3.60. The third kappa shape index (κ3) is 5.11. The van der Waals surface area contributed by atoms with Crippen LogP contribution in [-0.4, -0.2) is 24.4 Å². The Morgan fingerprint density at radius 3 is 2.79 bits per heavy atom. The molecule has 0 saturated heterocycles. The molecule has 0 spiro atoms. The van der Waals surface area contributed by atoms with E-state index in [1.165, 1.54) is 25.7 Å². The van der Waals surface area contributed by atoms with Crippen LogP contribution in [0.1, 0.15) is 44.9 Å². The molecule has 0 radical (unpaired) electrons. The van der Waals surface area contributed by atoms with Crippen LogP contribution >= 0.6 is 0 Å². The topological polar surface area (TPSA) is 41.5 Å². The first-order chi connectivity index (χ1) is 9.38. The number of nitrogens with one attached hydrogen (secondary N) is 1. The lowest BCUT2D eigenvalue weighted by atomic mass is 10.2. The number of hydrogen-bond donors (Lipinski definition) is 2. The van der Waals surface area contributed by atoms with Crippen LogP contribution in [0.5, 0.6) is 5.75 Å². The van der Waals surface area contributed by atoms with Gasteiger partial charge >= 0.3 is 0 Å². The van der Waals surface area contributed by atoms with E-state index in [1.54, 1.807) is 0 Å². The molecule has 2 N–H and O–H groups in total. The summed E-state index contributed by atoms with van der Waals surface area (Å²) in [5.41, 5.74) is 1.12. The van der Waals surface area contributed by atoms with Crippen LogP contribution in [0.15, 0.2) is 24.3 Å². The van der Waals surface area contributed by atoms with Crippen LogP contribution in [0.3, 0.4) is 0 Å². The zero-order valence-corrected chi connectivity index (χ0v) is 11.6. The number of anilines is 1. The summed E-state index contributed by atoms with van der Waals surface area (Å²) in [6.45, 7) is 1.25. The molecule has 19 heavy (non-hydrogen) atoms. The molecular formula is C16H25NO2. The second-order valence-corrected chi connectivity index (χ2v) is 5.26. The second kappa shape index (κ2) is 8.05. The molecule has 0 amide bonds. The van der Waals surface area contributed by atoms with E-state index in [4.69, 9.17) is 9.84 Å². The van der Waals surface area contributed by atoms with Crippen molar-refractivity contribution in [1.82, 2.24) is 0 Å². The minimum absolute atomic E-state index is 0.296. The average molecular weight is 263 g/mol. The third-order valence-corrected chi connectivity index (χ3v) is 3.60. The monoisotopic (exact) mass is 263 g/mol. The van der Waals surface area contributed by atoms with Crippen molar-refractivity contribution in [3.05, 3.63) is 24.3 Å². The second-order valence-electron chi connectivity index (χ2n) is 5.26. The lowest BCUT2D eigenvalue weighted by Crippen LogP contribution is -2.11. The zero-order valence-electron chi connectivity index (χ0n) is 11.6. The van der Waals surface area contributed by atoms with Crippen LogP contribution in [0, 0.1) is 0 Å². The van der Waals surface area contributed by atoms with E-state index in [-0.39, 0.29) is 0 Å². The molecule has 3 nitrogen and oxygen atoms in total. The summed E-state index contributed by atoms with van der Waals surface area (Å²) in [4.78, 5) is 0. The summed E-state index contributed by atoms with van der Waals surface area (Å²) in [5.74, 6) is 0.979. The van der Waals surface area contributed by atoms with Crippen LogP contribution in [-0.2, 0) is 0 Å². The highest BCUT2D eigenvalue weighted by atomic mass is 16.5. The van der Waals surface area contributed by atoms with E-state index in [2.05, 4.69) is 17.4 Å². The largest absolute Gasteiger partial charge is 0.490 e. The highest BCUT2D eigenvalue weighted by Crippen LogP contribution is 2.25. The van der Waals surface area contributed by atoms with Gasteiger partial charge in [-0.25, -0.2) is 0 Å². The lowest BCUT2D eigenvalue weighted by Gasteiger charge is -2.14. The number of benzene rings is 1. The fourth-order valence-electron chi connectivity index (χ4n) is 2.52. The van der Waals surface area contributed by atoms with E-state index >= 15 is 0 Å². The van der Waals surface area contributed by atoms with Gasteiger partial charge in [-0.2, -0.15) is 0 Å². The summed E-state index contributed by atoms with van der Waals surface area (Å²) < 4.78 is 5.99. The first-order valence-electron chi connectivity index (χ1n) is 7.50. The molecule has 0 atom stereocenters. The molecule has 0 unspecified atom stereocenters. The van der Waals surface area contributed by atoms with Crippen molar-refractivity contribution in [1.29, 1.82) is 0 Å². The SMILES string of the molecule is OCCCCCNc1cccc(OC2CCCC2)c1. The maximum Gasteiger partial charge on any atom is 0.121 e. The quantitative estimate of drug-likeness (QED) is 0.704. The number of rotatable bonds is 8. The summed E-state index contributed by atoms with van der Waals surface area (Å²) in [5, 5.41) is 12.1. The summed E-state index contributed by atoms with van der Waals surface area (Å²) in [6, 6.07) is 8.24. The Kier molecular flexibility index (Phi) is 6.02. The van der Waals surface area contributed by atoms with Crippen molar-refractivity contribution in [3.63, 3.8) is 0 Å². The van der Waals surface area contributed by atoms with Crippen LogP contribution in [0.4, 0.5) is 5.69 Å².